The highest BCUT2D eigenvalue weighted by Crippen LogP contribution is 2.24. The van der Waals surface area contributed by atoms with Gasteiger partial charge in [0.15, 0.2) is 5.78 Å². The average Bonchev–Trinajstić information content (AvgIpc) is 3.18. The molecule has 2 aliphatic rings. The molecule has 1 aliphatic heterocycles. The van der Waals surface area contributed by atoms with Gasteiger partial charge in [0.05, 0.1) is 0 Å². The number of fused-ring (bicyclic) bond motifs is 1. The number of Topliss-reactive ketones (excluding diaryl/α,β-unsaturated/α-hetero) is 1. The lowest BCUT2D eigenvalue weighted by Crippen LogP contribution is -2.49. The van der Waals surface area contributed by atoms with Crippen molar-refractivity contribution in [3.8, 4) is 0 Å². The summed E-state index contributed by atoms with van der Waals surface area (Å²) >= 11 is 0. The molecule has 6 nitrogen and oxygen atoms in total. The summed E-state index contributed by atoms with van der Waals surface area (Å²) in [5.41, 5.74) is 8.75. The van der Waals surface area contributed by atoms with Crippen molar-refractivity contribution in [3.63, 3.8) is 0 Å². The first kappa shape index (κ1) is 20.5. The number of carbonyl (C=O) groups excluding carboxylic acids is 3. The largest absolute Gasteiger partial charge is 0.354 e. The maximum atomic E-state index is 12.7. The zero-order valence-corrected chi connectivity index (χ0v) is 16.5. The highest BCUT2D eigenvalue weighted by Gasteiger charge is 2.27. The molecule has 0 saturated carbocycles. The van der Waals surface area contributed by atoms with Gasteiger partial charge in [0, 0.05) is 50.5 Å². The van der Waals surface area contributed by atoms with Crippen LogP contribution in [-0.4, -0.2) is 48.2 Å². The van der Waals surface area contributed by atoms with Crippen LogP contribution in [0.4, 0.5) is 0 Å². The maximum Gasteiger partial charge on any atom is 0.223 e. The lowest BCUT2D eigenvalue weighted by atomic mass is 9.99. The molecule has 1 atom stereocenters. The molecule has 1 aromatic rings. The Kier molecular flexibility index (Phi) is 7.20. The summed E-state index contributed by atoms with van der Waals surface area (Å²) in [5.74, 6) is -0.0348. The minimum atomic E-state index is -0.0766. The number of benzene rings is 1. The number of nitrogens with zero attached hydrogens (tertiary/aromatic N) is 1. The normalized spacial score (nSPS) is 18.6. The van der Waals surface area contributed by atoms with Crippen LogP contribution < -0.4 is 11.1 Å². The van der Waals surface area contributed by atoms with Gasteiger partial charge in [-0.15, -0.1) is 0 Å². The molecule has 2 amide bonds. The van der Waals surface area contributed by atoms with Crippen LogP contribution in [0.5, 0.6) is 0 Å². The number of nitrogens with one attached hydrogen (secondary N) is 1. The monoisotopic (exact) mass is 385 g/mol. The van der Waals surface area contributed by atoms with Crippen molar-refractivity contribution in [2.45, 2.75) is 63.8 Å². The predicted molar refractivity (Wildman–Crippen MR) is 108 cm³/mol. The van der Waals surface area contributed by atoms with Crippen LogP contribution in [-0.2, 0) is 22.4 Å². The second-order valence-electron chi connectivity index (χ2n) is 7.84. The van der Waals surface area contributed by atoms with Crippen LogP contribution in [0.25, 0.3) is 0 Å². The maximum absolute atomic E-state index is 12.7. The fourth-order valence-corrected chi connectivity index (χ4v) is 4.25. The molecule has 0 spiro atoms. The number of rotatable bonds is 8. The number of ketones is 1. The Balaban J connectivity index is 1.52. The summed E-state index contributed by atoms with van der Waals surface area (Å²) in [7, 11) is 0. The molecule has 6 heteroatoms. The van der Waals surface area contributed by atoms with E-state index in [0.717, 1.165) is 44.1 Å². The Morgan fingerprint density at radius 2 is 1.86 bits per heavy atom. The first-order chi connectivity index (χ1) is 13.6. The van der Waals surface area contributed by atoms with Crippen molar-refractivity contribution in [2.75, 3.05) is 19.6 Å². The molecule has 1 aromatic carbocycles. The summed E-state index contributed by atoms with van der Waals surface area (Å²) in [5, 5.41) is 2.87. The van der Waals surface area contributed by atoms with Gasteiger partial charge in [0.2, 0.25) is 11.8 Å². The minimum absolute atomic E-state index is 0.00674. The lowest BCUT2D eigenvalue weighted by molar-refractivity contribution is -0.135. The topological polar surface area (TPSA) is 92.5 Å². The smallest absolute Gasteiger partial charge is 0.223 e. The van der Waals surface area contributed by atoms with Crippen LogP contribution in [0.3, 0.4) is 0 Å². The van der Waals surface area contributed by atoms with Gasteiger partial charge >= 0.3 is 0 Å². The standard InChI is InChI=1S/C22H31N3O3/c23-12-11-21(27)24-15-19-6-1-2-13-25(19)22(28)10-9-20(26)18-8-7-16-4-3-5-17(16)14-18/h7-8,14,19H,1-6,9-13,15,23H2,(H,24,27). The van der Waals surface area contributed by atoms with E-state index in [4.69, 9.17) is 5.73 Å². The van der Waals surface area contributed by atoms with Crippen LogP contribution in [0.1, 0.15) is 66.4 Å². The Morgan fingerprint density at radius 1 is 1.04 bits per heavy atom. The van der Waals surface area contributed by atoms with Crippen molar-refractivity contribution >= 4 is 17.6 Å². The quantitative estimate of drug-likeness (QED) is 0.669. The summed E-state index contributed by atoms with van der Waals surface area (Å²) in [4.78, 5) is 38.8. The summed E-state index contributed by atoms with van der Waals surface area (Å²) in [6, 6.07) is 5.97. The van der Waals surface area contributed by atoms with Gasteiger partial charge in [-0.25, -0.2) is 0 Å². The van der Waals surface area contributed by atoms with Gasteiger partial charge in [-0.2, -0.15) is 0 Å². The zero-order chi connectivity index (χ0) is 19.9. The first-order valence-electron chi connectivity index (χ1n) is 10.5. The van der Waals surface area contributed by atoms with Crippen molar-refractivity contribution in [1.29, 1.82) is 0 Å². The van der Waals surface area contributed by atoms with Gasteiger partial charge in [0.1, 0.15) is 0 Å². The fraction of sp³-hybridized carbons (Fsp3) is 0.591. The predicted octanol–water partition coefficient (Wildman–Crippen LogP) is 1.98. The molecule has 1 heterocycles. The molecule has 0 aromatic heterocycles. The number of nitrogens with two attached hydrogens (primary N) is 1. The van der Waals surface area contributed by atoms with Crippen LogP contribution in [0.15, 0.2) is 18.2 Å². The highest BCUT2D eigenvalue weighted by molar-refractivity contribution is 5.98. The van der Waals surface area contributed by atoms with Gasteiger partial charge in [-0.1, -0.05) is 12.1 Å². The van der Waals surface area contributed by atoms with E-state index in [1.807, 2.05) is 17.0 Å². The SMILES string of the molecule is NCCC(=O)NCC1CCCCN1C(=O)CCC(=O)c1ccc2c(c1)CCC2. The number of carbonyl (C=O) groups is 3. The molecule has 1 aliphatic carbocycles. The Morgan fingerprint density at radius 3 is 2.68 bits per heavy atom. The number of piperidine rings is 1. The van der Waals surface area contributed by atoms with Crippen LogP contribution >= 0.6 is 0 Å². The third-order valence-corrected chi connectivity index (χ3v) is 5.84. The summed E-state index contributed by atoms with van der Waals surface area (Å²) in [6.45, 7) is 1.48. The van der Waals surface area contributed by atoms with E-state index in [-0.39, 0.29) is 36.5 Å². The van der Waals surface area contributed by atoms with Gasteiger partial charge < -0.3 is 16.0 Å². The molecule has 1 unspecified atom stereocenters. The van der Waals surface area contributed by atoms with Crippen LogP contribution in [0.2, 0.25) is 0 Å². The van der Waals surface area contributed by atoms with E-state index in [1.54, 1.807) is 0 Å². The minimum Gasteiger partial charge on any atom is -0.354 e. The van der Waals surface area contributed by atoms with Gasteiger partial charge in [-0.05, 0) is 55.7 Å². The fourth-order valence-electron chi connectivity index (χ4n) is 4.25. The van der Waals surface area contributed by atoms with Crippen molar-refractivity contribution in [2.24, 2.45) is 5.73 Å². The number of hydrogen-bond acceptors (Lipinski definition) is 4. The molecule has 1 fully saturated rings. The molecule has 3 N–H and O–H groups in total. The molecule has 28 heavy (non-hydrogen) atoms. The number of hydrogen-bond donors (Lipinski definition) is 2. The second kappa shape index (κ2) is 9.82. The molecule has 152 valence electrons. The molecular formula is C22H31N3O3. The average molecular weight is 386 g/mol. The molecule has 3 rings (SSSR count). The Hall–Kier alpha value is -2.21. The van der Waals surface area contributed by atoms with Crippen molar-refractivity contribution < 1.29 is 14.4 Å². The molecular weight excluding hydrogens is 354 g/mol. The van der Waals surface area contributed by atoms with Crippen molar-refractivity contribution in [1.82, 2.24) is 10.2 Å². The van der Waals surface area contributed by atoms with Crippen LogP contribution in [0, 0.1) is 0 Å². The zero-order valence-electron chi connectivity index (χ0n) is 16.5. The van der Waals surface area contributed by atoms with E-state index in [9.17, 15) is 14.4 Å². The third kappa shape index (κ3) is 5.19. The number of aryl methyl sites for hydroxylation is 2. The van der Waals surface area contributed by atoms with Gasteiger partial charge in [-0.3, -0.25) is 14.4 Å². The molecule has 1 saturated heterocycles. The molecule has 0 bridgehead atoms. The molecule has 0 radical (unpaired) electrons. The third-order valence-electron chi connectivity index (χ3n) is 5.84. The van der Waals surface area contributed by atoms with Gasteiger partial charge in [0.25, 0.3) is 0 Å². The number of likely N-dealkylation sites (tertiary alicyclic amines) is 1. The summed E-state index contributed by atoms with van der Waals surface area (Å²) < 4.78 is 0. The number of amides is 2. The Bertz CT molecular complexity index is 732. The summed E-state index contributed by atoms with van der Waals surface area (Å²) in [6.07, 6.45) is 6.96. The lowest BCUT2D eigenvalue weighted by Gasteiger charge is -2.36. The Labute approximate surface area is 166 Å². The first-order valence-corrected chi connectivity index (χ1v) is 10.5. The van der Waals surface area contributed by atoms with Crippen molar-refractivity contribution in [3.05, 3.63) is 34.9 Å². The second-order valence-corrected chi connectivity index (χ2v) is 7.84. The van der Waals surface area contributed by atoms with E-state index in [2.05, 4.69) is 11.4 Å². The van der Waals surface area contributed by atoms with E-state index in [0.29, 0.717) is 26.1 Å². The highest BCUT2D eigenvalue weighted by atomic mass is 16.2. The van der Waals surface area contributed by atoms with E-state index < -0.39 is 0 Å². The van der Waals surface area contributed by atoms with E-state index >= 15 is 0 Å². The van der Waals surface area contributed by atoms with E-state index in [1.165, 1.54) is 11.1 Å².